The molecular formula is C22H23NO3S2. The van der Waals surface area contributed by atoms with Gasteiger partial charge in [0.05, 0.1) is 11.3 Å². The van der Waals surface area contributed by atoms with E-state index in [0.29, 0.717) is 0 Å². The number of esters is 1. The summed E-state index contributed by atoms with van der Waals surface area (Å²) in [7, 11) is 0. The van der Waals surface area contributed by atoms with Gasteiger partial charge in [-0.05, 0) is 31.5 Å². The van der Waals surface area contributed by atoms with Crippen LogP contribution in [0.4, 0.5) is 0 Å². The van der Waals surface area contributed by atoms with Gasteiger partial charge in [-0.25, -0.2) is 4.79 Å². The van der Waals surface area contributed by atoms with E-state index < -0.39 is 6.04 Å². The molecule has 4 rings (SSSR count). The van der Waals surface area contributed by atoms with Gasteiger partial charge in [0.25, 0.3) is 0 Å². The number of ether oxygens (including phenoxy) is 1. The van der Waals surface area contributed by atoms with Gasteiger partial charge in [-0.1, -0.05) is 48.5 Å². The van der Waals surface area contributed by atoms with E-state index in [-0.39, 0.29) is 34.5 Å². The molecule has 6 heteroatoms. The maximum absolute atomic E-state index is 12.8. The number of nitrogens with zero attached hydrogens (tertiary/aromatic N) is 1. The largest absolute Gasteiger partial charge is 0.459 e. The molecule has 2 aliphatic heterocycles. The number of β-lactam (4-membered cyclic amide) rings is 1. The molecule has 0 spiro atoms. The van der Waals surface area contributed by atoms with Crippen molar-refractivity contribution in [3.63, 3.8) is 0 Å². The number of carbonyl (C=O) groups excluding carboxylic acids is 2. The Morgan fingerprint density at radius 3 is 2.43 bits per heavy atom. The molecule has 2 fully saturated rings. The first kappa shape index (κ1) is 19.4. The average Bonchev–Trinajstić information content (AvgIpc) is 2.95. The highest BCUT2D eigenvalue weighted by Gasteiger charge is 2.63. The smallest absolute Gasteiger partial charge is 0.330 e. The summed E-state index contributed by atoms with van der Waals surface area (Å²) in [6.07, 6.45) is 0. The second-order valence-corrected chi connectivity index (χ2v) is 10.4. The van der Waals surface area contributed by atoms with Crippen molar-refractivity contribution in [2.45, 2.75) is 41.5 Å². The summed E-state index contributed by atoms with van der Waals surface area (Å²) in [5.74, 6) is 0.430. The minimum atomic E-state index is -0.531. The molecule has 0 N–H and O–H groups in total. The van der Waals surface area contributed by atoms with Crippen molar-refractivity contribution < 1.29 is 14.3 Å². The Labute approximate surface area is 174 Å². The molecule has 28 heavy (non-hydrogen) atoms. The lowest BCUT2D eigenvalue weighted by Gasteiger charge is -2.43. The Morgan fingerprint density at radius 1 is 1.11 bits per heavy atom. The van der Waals surface area contributed by atoms with Crippen LogP contribution in [0.1, 0.15) is 19.4 Å². The number of rotatable bonds is 6. The fourth-order valence-electron chi connectivity index (χ4n) is 3.74. The summed E-state index contributed by atoms with van der Waals surface area (Å²) in [6.45, 7) is 4.29. The first-order valence-corrected chi connectivity index (χ1v) is 11.2. The first-order chi connectivity index (χ1) is 13.5. The summed E-state index contributed by atoms with van der Waals surface area (Å²) >= 11 is 3.41. The molecule has 2 aromatic rings. The fraction of sp³-hybridized carbons (Fsp3) is 0.364. The Bertz CT molecular complexity index is 857. The minimum absolute atomic E-state index is 0.0491. The van der Waals surface area contributed by atoms with Crippen molar-refractivity contribution in [3.8, 4) is 0 Å². The first-order valence-electron chi connectivity index (χ1n) is 9.36. The molecule has 0 radical (unpaired) electrons. The molecule has 0 unspecified atom stereocenters. The van der Waals surface area contributed by atoms with Gasteiger partial charge in [-0.2, -0.15) is 0 Å². The predicted molar refractivity (Wildman–Crippen MR) is 113 cm³/mol. The normalized spacial score (nSPS) is 25.1. The number of hydrogen-bond donors (Lipinski definition) is 0. The van der Waals surface area contributed by atoms with Gasteiger partial charge < -0.3 is 9.64 Å². The molecule has 146 valence electrons. The zero-order valence-corrected chi connectivity index (χ0v) is 17.5. The highest BCUT2D eigenvalue weighted by molar-refractivity contribution is 8.02. The third-order valence-corrected chi connectivity index (χ3v) is 7.93. The second kappa shape index (κ2) is 7.84. The van der Waals surface area contributed by atoms with Crippen molar-refractivity contribution in [1.82, 2.24) is 4.90 Å². The van der Waals surface area contributed by atoms with Gasteiger partial charge in [0.1, 0.15) is 12.6 Å². The molecule has 0 bridgehead atoms. The van der Waals surface area contributed by atoms with Crippen LogP contribution in [0.5, 0.6) is 0 Å². The van der Waals surface area contributed by atoms with E-state index >= 15 is 0 Å². The van der Waals surface area contributed by atoms with Crippen LogP contribution in [0, 0.1) is 5.92 Å². The van der Waals surface area contributed by atoms with Crippen molar-refractivity contribution in [2.24, 2.45) is 5.92 Å². The number of fused-ring (bicyclic) bond motifs is 1. The highest BCUT2D eigenvalue weighted by atomic mass is 32.2. The van der Waals surface area contributed by atoms with Crippen LogP contribution in [-0.2, 0) is 20.9 Å². The maximum atomic E-state index is 12.8. The van der Waals surface area contributed by atoms with Crippen LogP contribution in [-0.4, -0.2) is 38.7 Å². The molecule has 2 aromatic carbocycles. The van der Waals surface area contributed by atoms with E-state index in [1.165, 1.54) is 0 Å². The van der Waals surface area contributed by atoms with Crippen molar-refractivity contribution in [2.75, 3.05) is 5.75 Å². The molecule has 0 aliphatic carbocycles. The maximum Gasteiger partial charge on any atom is 0.330 e. The predicted octanol–water partition coefficient (Wildman–Crippen LogP) is 4.20. The van der Waals surface area contributed by atoms with Gasteiger partial charge in [0.15, 0.2) is 0 Å². The fourth-order valence-corrected chi connectivity index (χ4v) is 6.58. The lowest BCUT2D eigenvalue weighted by molar-refractivity contribution is -0.166. The van der Waals surface area contributed by atoms with Crippen LogP contribution < -0.4 is 0 Å². The molecule has 1 amide bonds. The van der Waals surface area contributed by atoms with E-state index in [1.807, 2.05) is 62.4 Å². The summed E-state index contributed by atoms with van der Waals surface area (Å²) in [4.78, 5) is 28.6. The van der Waals surface area contributed by atoms with E-state index in [9.17, 15) is 9.59 Å². The summed E-state index contributed by atoms with van der Waals surface area (Å²) in [5.41, 5.74) is 0.947. The van der Waals surface area contributed by atoms with Crippen molar-refractivity contribution >= 4 is 35.4 Å². The Kier molecular flexibility index (Phi) is 5.43. The van der Waals surface area contributed by atoms with E-state index in [4.69, 9.17) is 4.74 Å². The molecule has 2 heterocycles. The zero-order chi connectivity index (χ0) is 19.7. The van der Waals surface area contributed by atoms with Gasteiger partial charge >= 0.3 is 5.97 Å². The number of thioether (sulfide) groups is 2. The summed E-state index contributed by atoms with van der Waals surface area (Å²) in [6, 6.07) is 19.2. The van der Waals surface area contributed by atoms with Crippen molar-refractivity contribution in [1.29, 1.82) is 0 Å². The number of carbonyl (C=O) groups is 2. The lowest BCUT2D eigenvalue weighted by atomic mass is 9.93. The lowest BCUT2D eigenvalue weighted by Crippen LogP contribution is -2.63. The SMILES string of the molecule is CC1(C)S[C@@H]2[C@H](CSc3ccccc3)C(=O)N2[C@H]1C(=O)OCc1ccccc1. The van der Waals surface area contributed by atoms with Crippen LogP contribution in [0.25, 0.3) is 0 Å². The van der Waals surface area contributed by atoms with E-state index in [2.05, 4.69) is 12.1 Å². The van der Waals surface area contributed by atoms with Crippen LogP contribution in [0.2, 0.25) is 0 Å². The Morgan fingerprint density at radius 2 is 1.75 bits per heavy atom. The quantitative estimate of drug-likeness (QED) is 0.403. The van der Waals surface area contributed by atoms with Crippen LogP contribution in [0.15, 0.2) is 65.6 Å². The molecule has 2 saturated heterocycles. The van der Waals surface area contributed by atoms with E-state index in [0.717, 1.165) is 16.2 Å². The van der Waals surface area contributed by atoms with Gasteiger partial charge in [0, 0.05) is 15.4 Å². The zero-order valence-electron chi connectivity index (χ0n) is 15.9. The van der Waals surface area contributed by atoms with Gasteiger partial charge in [-0.3, -0.25) is 4.79 Å². The van der Waals surface area contributed by atoms with Crippen LogP contribution in [0.3, 0.4) is 0 Å². The molecule has 0 saturated carbocycles. The molecule has 2 aliphatic rings. The standard InChI is InChI=1S/C22H23NO3S2/c1-22(2)18(21(25)26-13-15-9-5-3-6-10-15)23-19(24)17(20(23)28-22)14-27-16-11-7-4-8-12-16/h3-12,17-18,20H,13-14H2,1-2H3/t17-,18+,20-/m1/s1. The second-order valence-electron chi connectivity index (χ2n) is 7.58. The molecule has 4 nitrogen and oxygen atoms in total. The third kappa shape index (κ3) is 3.67. The molecule has 0 aromatic heterocycles. The van der Waals surface area contributed by atoms with Gasteiger partial charge in [0.2, 0.25) is 5.91 Å². The highest BCUT2D eigenvalue weighted by Crippen LogP contribution is 2.54. The summed E-state index contributed by atoms with van der Waals surface area (Å²) < 4.78 is 5.20. The monoisotopic (exact) mass is 413 g/mol. The minimum Gasteiger partial charge on any atom is -0.459 e. The Balaban J connectivity index is 1.40. The molecular weight excluding hydrogens is 390 g/mol. The third-order valence-electron chi connectivity index (χ3n) is 5.17. The van der Waals surface area contributed by atoms with E-state index in [1.54, 1.807) is 28.4 Å². The number of amides is 1. The van der Waals surface area contributed by atoms with Gasteiger partial charge in [-0.15, -0.1) is 23.5 Å². The van der Waals surface area contributed by atoms with Crippen LogP contribution >= 0.6 is 23.5 Å². The van der Waals surface area contributed by atoms with Crippen molar-refractivity contribution in [3.05, 3.63) is 66.2 Å². The number of benzene rings is 2. The topological polar surface area (TPSA) is 46.6 Å². The summed E-state index contributed by atoms with van der Waals surface area (Å²) in [5, 5.41) is 0.0491. The number of hydrogen-bond acceptors (Lipinski definition) is 5. The Hall–Kier alpha value is -1.92. The molecule has 3 atom stereocenters. The average molecular weight is 414 g/mol.